The number of fused-ring (bicyclic) bond motifs is 1. The fourth-order valence-electron chi connectivity index (χ4n) is 2.15. The number of hydrogen-bond donors (Lipinski definition) is 1. The molecule has 9 heteroatoms. The Balaban J connectivity index is 1.99. The number of hydrogen-bond acceptors (Lipinski definition) is 8. The number of aromatic nitrogens is 4. The molecule has 124 valence electrons. The lowest BCUT2D eigenvalue weighted by atomic mass is 10.2. The average Bonchev–Trinajstić information content (AvgIpc) is 2.86. The minimum atomic E-state index is -0.375. The molecule has 0 spiro atoms. The summed E-state index contributed by atoms with van der Waals surface area (Å²) in [4.78, 5) is 34.2. The zero-order valence-electron chi connectivity index (χ0n) is 13.1. The number of rotatable bonds is 7. The number of nitrogens with two attached hydrogens (primary N) is 1. The van der Waals surface area contributed by atoms with Crippen LogP contribution in [0, 0.1) is 0 Å². The van der Waals surface area contributed by atoms with Gasteiger partial charge in [-0.2, -0.15) is 4.98 Å². The van der Waals surface area contributed by atoms with E-state index in [1.54, 1.807) is 12.5 Å². The van der Waals surface area contributed by atoms with Crippen molar-refractivity contribution in [2.75, 3.05) is 12.3 Å². The van der Waals surface area contributed by atoms with Gasteiger partial charge in [-0.3, -0.25) is 9.59 Å². The molecule has 2 N–H and O–H groups in total. The molecular formula is C14H19N5O4. The number of esters is 2. The molecule has 0 bridgehead atoms. The predicted octanol–water partition coefficient (Wildman–Crippen LogP) is 0.683. The average molecular weight is 321 g/mol. The Kier molecular flexibility index (Phi) is 5.45. The summed E-state index contributed by atoms with van der Waals surface area (Å²) in [5, 5.41) is 0. The monoisotopic (exact) mass is 321 g/mol. The maximum Gasteiger partial charge on any atom is 0.302 e. The van der Waals surface area contributed by atoms with Crippen LogP contribution in [0.4, 0.5) is 5.95 Å². The molecule has 1 atom stereocenters. The molecule has 1 unspecified atom stereocenters. The molecule has 23 heavy (non-hydrogen) atoms. The Labute approximate surface area is 132 Å². The maximum atomic E-state index is 11.2. The maximum absolute atomic E-state index is 11.2. The molecule has 0 aliphatic rings. The largest absolute Gasteiger partial charge is 0.466 e. The summed E-state index contributed by atoms with van der Waals surface area (Å²) in [5.41, 5.74) is 6.85. The number of ether oxygens (including phenoxy) is 2. The Hall–Kier alpha value is -2.71. The lowest BCUT2D eigenvalue weighted by Crippen LogP contribution is -2.21. The highest BCUT2D eigenvalue weighted by atomic mass is 16.6. The zero-order valence-corrected chi connectivity index (χ0v) is 13.1. The van der Waals surface area contributed by atoms with Crippen molar-refractivity contribution in [3.05, 3.63) is 12.5 Å². The molecule has 9 nitrogen and oxygen atoms in total. The van der Waals surface area contributed by atoms with Crippen LogP contribution >= 0.6 is 0 Å². The minimum Gasteiger partial charge on any atom is -0.466 e. The summed E-state index contributed by atoms with van der Waals surface area (Å²) >= 11 is 0. The third kappa shape index (κ3) is 4.90. The molecule has 0 radical (unpaired) electrons. The van der Waals surface area contributed by atoms with Crippen LogP contribution in [0.3, 0.4) is 0 Å². The normalized spacial score (nSPS) is 12.1. The first kappa shape index (κ1) is 16.7. The molecule has 2 aromatic heterocycles. The highest BCUT2D eigenvalue weighted by Crippen LogP contribution is 2.13. The van der Waals surface area contributed by atoms with Crippen molar-refractivity contribution in [2.24, 2.45) is 0 Å². The number of carbonyl (C=O) groups excluding carboxylic acids is 2. The SMILES string of the molecule is CC(=O)OCCC(CCn1cnc2cnc(N)nc21)OC(C)=O. The van der Waals surface area contributed by atoms with Gasteiger partial charge in [0.1, 0.15) is 11.6 Å². The molecule has 2 heterocycles. The first-order valence-electron chi connectivity index (χ1n) is 7.19. The third-order valence-electron chi connectivity index (χ3n) is 3.15. The molecule has 0 saturated heterocycles. The molecule has 0 aliphatic carbocycles. The van der Waals surface area contributed by atoms with Crippen molar-refractivity contribution in [2.45, 2.75) is 39.3 Å². The number of imidazole rings is 1. The van der Waals surface area contributed by atoms with Gasteiger partial charge in [-0.15, -0.1) is 0 Å². The number of nitrogen functional groups attached to an aromatic ring is 1. The minimum absolute atomic E-state index is 0.172. The number of nitrogens with zero attached hydrogens (tertiary/aromatic N) is 4. The fraction of sp³-hybridized carbons (Fsp3) is 0.500. The molecule has 0 aromatic carbocycles. The molecule has 2 aromatic rings. The Bertz CT molecular complexity index is 700. The topological polar surface area (TPSA) is 122 Å². The number of aryl methyl sites for hydroxylation is 1. The van der Waals surface area contributed by atoms with Gasteiger partial charge in [0, 0.05) is 33.2 Å². The van der Waals surface area contributed by atoms with E-state index in [4.69, 9.17) is 15.2 Å². The summed E-state index contributed by atoms with van der Waals surface area (Å²) < 4.78 is 12.0. The van der Waals surface area contributed by atoms with Crippen LogP contribution in [-0.2, 0) is 25.6 Å². The molecule has 0 fully saturated rings. The van der Waals surface area contributed by atoms with Crippen molar-refractivity contribution in [3.8, 4) is 0 Å². The Morgan fingerprint density at radius 2 is 2.04 bits per heavy atom. The van der Waals surface area contributed by atoms with Gasteiger partial charge in [0.05, 0.1) is 19.1 Å². The van der Waals surface area contributed by atoms with E-state index >= 15 is 0 Å². The lowest BCUT2D eigenvalue weighted by molar-refractivity contribution is -0.148. The Morgan fingerprint density at radius 1 is 1.26 bits per heavy atom. The van der Waals surface area contributed by atoms with Crippen LogP contribution in [0.2, 0.25) is 0 Å². The lowest BCUT2D eigenvalue weighted by Gasteiger charge is -2.17. The molecule has 0 aliphatic heterocycles. The van der Waals surface area contributed by atoms with Gasteiger partial charge in [0.25, 0.3) is 0 Å². The molecule has 0 saturated carbocycles. The van der Waals surface area contributed by atoms with Crippen LogP contribution in [0.1, 0.15) is 26.7 Å². The van der Waals surface area contributed by atoms with Crippen LogP contribution in [-0.4, -0.2) is 44.2 Å². The van der Waals surface area contributed by atoms with Crippen molar-refractivity contribution in [1.29, 1.82) is 0 Å². The summed E-state index contributed by atoms with van der Waals surface area (Å²) in [6.07, 6.45) is 3.80. The summed E-state index contributed by atoms with van der Waals surface area (Å²) in [6, 6.07) is 0. The first-order valence-corrected chi connectivity index (χ1v) is 7.19. The fourth-order valence-corrected chi connectivity index (χ4v) is 2.15. The van der Waals surface area contributed by atoms with E-state index in [0.717, 1.165) is 0 Å². The highest BCUT2D eigenvalue weighted by molar-refractivity contribution is 5.70. The third-order valence-corrected chi connectivity index (χ3v) is 3.15. The van der Waals surface area contributed by atoms with Crippen LogP contribution in [0.15, 0.2) is 12.5 Å². The van der Waals surface area contributed by atoms with Gasteiger partial charge in [0.15, 0.2) is 5.65 Å². The second-order valence-electron chi connectivity index (χ2n) is 5.02. The molecule has 2 rings (SSSR count). The van der Waals surface area contributed by atoms with Gasteiger partial charge in [0.2, 0.25) is 5.95 Å². The highest BCUT2D eigenvalue weighted by Gasteiger charge is 2.14. The standard InChI is InChI=1S/C14H19N5O4/c1-9(20)22-6-4-11(23-10(2)21)3-5-19-8-17-12-7-16-14(15)18-13(12)19/h7-8,11H,3-6H2,1-2H3,(H2,15,16,18). The van der Waals surface area contributed by atoms with E-state index in [2.05, 4.69) is 15.0 Å². The van der Waals surface area contributed by atoms with Gasteiger partial charge in [-0.1, -0.05) is 0 Å². The molecule has 0 amide bonds. The van der Waals surface area contributed by atoms with Gasteiger partial charge >= 0.3 is 11.9 Å². The Morgan fingerprint density at radius 3 is 2.74 bits per heavy atom. The van der Waals surface area contributed by atoms with Crippen molar-refractivity contribution < 1.29 is 19.1 Å². The van der Waals surface area contributed by atoms with Gasteiger partial charge in [-0.05, 0) is 0 Å². The zero-order chi connectivity index (χ0) is 16.8. The summed E-state index contributed by atoms with van der Waals surface area (Å²) in [7, 11) is 0. The summed E-state index contributed by atoms with van der Waals surface area (Å²) in [5.74, 6) is -0.565. The van der Waals surface area contributed by atoms with E-state index in [0.29, 0.717) is 30.6 Å². The van der Waals surface area contributed by atoms with Crippen molar-refractivity contribution >= 4 is 29.1 Å². The van der Waals surface area contributed by atoms with Crippen molar-refractivity contribution in [3.63, 3.8) is 0 Å². The first-order chi connectivity index (χ1) is 11.0. The van der Waals surface area contributed by atoms with E-state index in [1.807, 2.05) is 4.57 Å². The predicted molar refractivity (Wildman–Crippen MR) is 81.2 cm³/mol. The summed E-state index contributed by atoms with van der Waals surface area (Å²) in [6.45, 7) is 3.42. The van der Waals surface area contributed by atoms with Gasteiger partial charge < -0.3 is 19.8 Å². The van der Waals surface area contributed by atoms with E-state index in [9.17, 15) is 9.59 Å². The number of anilines is 1. The molecular weight excluding hydrogens is 302 g/mol. The smallest absolute Gasteiger partial charge is 0.302 e. The van der Waals surface area contributed by atoms with Gasteiger partial charge in [-0.25, -0.2) is 9.97 Å². The van der Waals surface area contributed by atoms with Crippen LogP contribution in [0.25, 0.3) is 11.2 Å². The quantitative estimate of drug-likeness (QED) is 0.739. The van der Waals surface area contributed by atoms with E-state index in [1.165, 1.54) is 13.8 Å². The van der Waals surface area contributed by atoms with Crippen LogP contribution < -0.4 is 5.73 Å². The van der Waals surface area contributed by atoms with Crippen molar-refractivity contribution in [1.82, 2.24) is 19.5 Å². The second kappa shape index (κ2) is 7.52. The second-order valence-corrected chi connectivity index (χ2v) is 5.02. The van der Waals surface area contributed by atoms with E-state index < -0.39 is 0 Å². The van der Waals surface area contributed by atoms with Crippen LogP contribution in [0.5, 0.6) is 0 Å². The number of carbonyl (C=O) groups is 2. The van der Waals surface area contributed by atoms with E-state index in [-0.39, 0.29) is 30.6 Å².